The summed E-state index contributed by atoms with van der Waals surface area (Å²) >= 11 is 0. The topological polar surface area (TPSA) is 67.9 Å². The van der Waals surface area contributed by atoms with Gasteiger partial charge in [0, 0.05) is 13.6 Å². The van der Waals surface area contributed by atoms with E-state index in [1.807, 2.05) is 48.5 Å². The van der Waals surface area contributed by atoms with E-state index in [0.717, 1.165) is 22.6 Å². The van der Waals surface area contributed by atoms with Gasteiger partial charge in [0.2, 0.25) is 11.8 Å². The van der Waals surface area contributed by atoms with Gasteiger partial charge in [-0.2, -0.15) is 0 Å². The van der Waals surface area contributed by atoms with E-state index in [-0.39, 0.29) is 18.2 Å². The van der Waals surface area contributed by atoms with E-state index >= 15 is 0 Å². The first-order valence-electron chi connectivity index (χ1n) is 8.75. The molecule has 6 nitrogen and oxygen atoms in total. The third-order valence-corrected chi connectivity index (χ3v) is 4.44. The van der Waals surface area contributed by atoms with Crippen molar-refractivity contribution in [1.82, 2.24) is 10.2 Å². The third kappa shape index (κ3) is 5.48. The number of carbonyl (C=O) groups excluding carboxylic acids is 2. The van der Waals surface area contributed by atoms with Crippen molar-refractivity contribution in [2.24, 2.45) is 0 Å². The first kappa shape index (κ1) is 20.3. The van der Waals surface area contributed by atoms with Crippen molar-refractivity contribution in [3.05, 3.63) is 59.7 Å². The van der Waals surface area contributed by atoms with Crippen molar-refractivity contribution in [2.45, 2.75) is 25.9 Å². The van der Waals surface area contributed by atoms with Crippen LogP contribution in [-0.2, 0) is 22.6 Å². The van der Waals surface area contributed by atoms with Crippen LogP contribution in [0, 0.1) is 0 Å². The SMILES string of the molecule is CNC(=O)[C@H](C)N(Cc1ccc(OC)cc1)C(=O)Cc1ccc(OC)cc1. The number of rotatable bonds is 8. The molecule has 0 saturated heterocycles. The van der Waals surface area contributed by atoms with Crippen molar-refractivity contribution in [2.75, 3.05) is 21.3 Å². The second-order valence-electron chi connectivity index (χ2n) is 6.18. The molecule has 0 spiro atoms. The number of hydrogen-bond acceptors (Lipinski definition) is 4. The zero-order valence-electron chi connectivity index (χ0n) is 16.2. The maximum atomic E-state index is 12.9. The molecule has 0 aliphatic heterocycles. The summed E-state index contributed by atoms with van der Waals surface area (Å²) in [5, 5.41) is 2.61. The van der Waals surface area contributed by atoms with Crippen LogP contribution in [0.5, 0.6) is 11.5 Å². The van der Waals surface area contributed by atoms with Crippen molar-refractivity contribution in [3.63, 3.8) is 0 Å². The summed E-state index contributed by atoms with van der Waals surface area (Å²) in [5.74, 6) is 1.16. The van der Waals surface area contributed by atoms with Crippen molar-refractivity contribution < 1.29 is 19.1 Å². The van der Waals surface area contributed by atoms with Gasteiger partial charge in [-0.15, -0.1) is 0 Å². The molecule has 1 N–H and O–H groups in total. The van der Waals surface area contributed by atoms with E-state index in [4.69, 9.17) is 9.47 Å². The minimum Gasteiger partial charge on any atom is -0.497 e. The normalized spacial score (nSPS) is 11.4. The van der Waals surface area contributed by atoms with E-state index < -0.39 is 6.04 Å². The maximum Gasteiger partial charge on any atom is 0.242 e. The summed E-state index contributed by atoms with van der Waals surface area (Å²) < 4.78 is 10.3. The van der Waals surface area contributed by atoms with E-state index in [9.17, 15) is 9.59 Å². The van der Waals surface area contributed by atoms with Gasteiger partial charge in [-0.3, -0.25) is 9.59 Å². The molecule has 2 aromatic carbocycles. The molecule has 0 aromatic heterocycles. The van der Waals surface area contributed by atoms with E-state index in [1.54, 1.807) is 33.1 Å². The Morgan fingerprint density at radius 1 is 0.926 bits per heavy atom. The second kappa shape index (κ2) is 9.62. The minimum atomic E-state index is -0.581. The monoisotopic (exact) mass is 370 g/mol. The van der Waals surface area contributed by atoms with Crippen LogP contribution in [0.4, 0.5) is 0 Å². The van der Waals surface area contributed by atoms with Gasteiger partial charge in [-0.05, 0) is 42.3 Å². The lowest BCUT2D eigenvalue weighted by Gasteiger charge is -2.28. The molecular formula is C21H26N2O4. The molecule has 6 heteroatoms. The summed E-state index contributed by atoms with van der Waals surface area (Å²) in [6.07, 6.45) is 0.210. The highest BCUT2D eigenvalue weighted by atomic mass is 16.5. The van der Waals surface area contributed by atoms with E-state index in [0.29, 0.717) is 6.54 Å². The number of likely N-dealkylation sites (N-methyl/N-ethyl adjacent to an activating group) is 1. The summed E-state index contributed by atoms with van der Waals surface area (Å²) in [6, 6.07) is 14.2. The number of benzene rings is 2. The molecule has 2 rings (SSSR count). The molecular weight excluding hydrogens is 344 g/mol. The summed E-state index contributed by atoms with van der Waals surface area (Å²) in [5.41, 5.74) is 1.79. The maximum absolute atomic E-state index is 12.9. The molecule has 1 atom stereocenters. The van der Waals surface area contributed by atoms with Crippen LogP contribution in [0.15, 0.2) is 48.5 Å². The Morgan fingerprint density at radius 3 is 1.85 bits per heavy atom. The minimum absolute atomic E-state index is 0.118. The Kier molecular flexibility index (Phi) is 7.23. The number of hydrogen-bond donors (Lipinski definition) is 1. The molecule has 0 saturated carbocycles. The van der Waals surface area contributed by atoms with Crippen LogP contribution in [0.2, 0.25) is 0 Å². The third-order valence-electron chi connectivity index (χ3n) is 4.44. The average molecular weight is 370 g/mol. The van der Waals surface area contributed by atoms with Gasteiger partial charge in [0.05, 0.1) is 20.6 Å². The largest absolute Gasteiger partial charge is 0.497 e. The fourth-order valence-electron chi connectivity index (χ4n) is 2.74. The van der Waals surface area contributed by atoms with Crippen molar-refractivity contribution >= 4 is 11.8 Å². The lowest BCUT2D eigenvalue weighted by molar-refractivity contribution is -0.139. The lowest BCUT2D eigenvalue weighted by atomic mass is 10.1. The Balaban J connectivity index is 2.18. The predicted octanol–water partition coefficient (Wildman–Crippen LogP) is 2.41. The van der Waals surface area contributed by atoms with Gasteiger partial charge in [-0.1, -0.05) is 24.3 Å². The van der Waals surface area contributed by atoms with Crippen LogP contribution in [0.3, 0.4) is 0 Å². The lowest BCUT2D eigenvalue weighted by Crippen LogP contribution is -2.47. The molecule has 27 heavy (non-hydrogen) atoms. The highest BCUT2D eigenvalue weighted by Gasteiger charge is 2.25. The highest BCUT2D eigenvalue weighted by Crippen LogP contribution is 2.17. The van der Waals surface area contributed by atoms with Crippen LogP contribution in [-0.4, -0.2) is 44.0 Å². The molecule has 2 aromatic rings. The van der Waals surface area contributed by atoms with Gasteiger partial charge in [0.15, 0.2) is 0 Å². The van der Waals surface area contributed by atoms with Gasteiger partial charge in [0.1, 0.15) is 17.5 Å². The van der Waals surface area contributed by atoms with Gasteiger partial charge in [-0.25, -0.2) is 0 Å². The number of nitrogens with zero attached hydrogens (tertiary/aromatic N) is 1. The molecule has 0 aliphatic carbocycles. The molecule has 144 valence electrons. The Bertz CT molecular complexity index is 757. The Hall–Kier alpha value is -3.02. The first-order valence-corrected chi connectivity index (χ1v) is 8.75. The quantitative estimate of drug-likeness (QED) is 0.775. The van der Waals surface area contributed by atoms with E-state index in [1.165, 1.54) is 0 Å². The number of methoxy groups -OCH3 is 2. The van der Waals surface area contributed by atoms with Gasteiger partial charge >= 0.3 is 0 Å². The fraction of sp³-hybridized carbons (Fsp3) is 0.333. The summed E-state index contributed by atoms with van der Waals surface area (Å²) in [6.45, 7) is 2.07. The molecule has 0 heterocycles. The van der Waals surface area contributed by atoms with E-state index in [2.05, 4.69) is 5.32 Å². The van der Waals surface area contributed by atoms with Crippen molar-refractivity contribution in [1.29, 1.82) is 0 Å². The molecule has 0 fully saturated rings. The van der Waals surface area contributed by atoms with Crippen LogP contribution < -0.4 is 14.8 Å². The number of ether oxygens (including phenoxy) is 2. The zero-order valence-corrected chi connectivity index (χ0v) is 16.2. The molecule has 2 amide bonds. The highest BCUT2D eigenvalue weighted by molar-refractivity contribution is 5.88. The first-order chi connectivity index (χ1) is 13.0. The zero-order chi connectivity index (χ0) is 19.8. The van der Waals surface area contributed by atoms with Gasteiger partial charge in [0.25, 0.3) is 0 Å². The van der Waals surface area contributed by atoms with Crippen LogP contribution >= 0.6 is 0 Å². The molecule has 0 bridgehead atoms. The predicted molar refractivity (Wildman–Crippen MR) is 104 cm³/mol. The Morgan fingerprint density at radius 2 is 1.41 bits per heavy atom. The van der Waals surface area contributed by atoms with Crippen LogP contribution in [0.1, 0.15) is 18.1 Å². The molecule has 0 unspecified atom stereocenters. The Labute approximate surface area is 160 Å². The number of carbonyl (C=O) groups is 2. The summed E-state index contributed by atoms with van der Waals surface area (Å²) in [4.78, 5) is 26.7. The number of nitrogens with one attached hydrogen (secondary N) is 1. The average Bonchev–Trinajstić information content (AvgIpc) is 2.71. The van der Waals surface area contributed by atoms with Crippen LogP contribution in [0.25, 0.3) is 0 Å². The number of amides is 2. The standard InChI is InChI=1S/C21H26N2O4/c1-15(21(25)22-2)23(14-17-7-11-19(27-4)12-8-17)20(24)13-16-5-9-18(26-3)10-6-16/h5-12,15H,13-14H2,1-4H3,(H,22,25)/t15-/m0/s1. The molecule has 0 aliphatic rings. The van der Waals surface area contributed by atoms with Crippen molar-refractivity contribution in [3.8, 4) is 11.5 Å². The van der Waals surface area contributed by atoms with Gasteiger partial charge < -0.3 is 19.7 Å². The summed E-state index contributed by atoms with van der Waals surface area (Å²) in [7, 11) is 4.77. The smallest absolute Gasteiger partial charge is 0.242 e. The molecule has 0 radical (unpaired) electrons. The second-order valence-corrected chi connectivity index (χ2v) is 6.18. The fourth-order valence-corrected chi connectivity index (χ4v) is 2.74.